The van der Waals surface area contributed by atoms with Crippen LogP contribution < -0.4 is 0 Å². The molecule has 2 bridgehead atoms. The molecule has 3 aliphatic rings. The molecule has 1 atom stereocenters. The number of hydrogen-bond acceptors (Lipinski definition) is 4. The molecule has 0 saturated heterocycles. The van der Waals surface area contributed by atoms with Crippen molar-refractivity contribution in [2.24, 2.45) is 11.8 Å². The molecule has 2 aromatic heterocycles. The molecule has 4 nitrogen and oxygen atoms in total. The summed E-state index contributed by atoms with van der Waals surface area (Å²) in [5, 5.41) is 5.38. The van der Waals surface area contributed by atoms with E-state index < -0.39 is 0 Å². The Bertz CT molecular complexity index is 600. The molecule has 0 amide bonds. The van der Waals surface area contributed by atoms with Crippen molar-refractivity contribution in [1.82, 2.24) is 19.6 Å². The maximum Gasteiger partial charge on any atom is 0.207 e. The summed E-state index contributed by atoms with van der Waals surface area (Å²) in [6.07, 6.45) is 8.36. The maximum atomic E-state index is 4.60. The van der Waals surface area contributed by atoms with Gasteiger partial charge in [-0.25, -0.2) is 14.5 Å². The Hall–Kier alpha value is -1.10. The minimum atomic E-state index is 0.321. The van der Waals surface area contributed by atoms with Crippen LogP contribution in [0, 0.1) is 11.8 Å². The lowest BCUT2D eigenvalue weighted by Crippen LogP contribution is -2.64. The van der Waals surface area contributed by atoms with Crippen LogP contribution in [0.2, 0.25) is 0 Å². The summed E-state index contributed by atoms with van der Waals surface area (Å²) in [7, 11) is 0. The van der Waals surface area contributed by atoms with E-state index in [1.807, 2.05) is 23.2 Å². The van der Waals surface area contributed by atoms with Gasteiger partial charge in [0.15, 0.2) is 0 Å². The Balaban J connectivity index is 1.90. The minimum Gasteiger partial charge on any atom is -0.238 e. The van der Waals surface area contributed by atoms with E-state index in [1.165, 1.54) is 12.8 Å². The van der Waals surface area contributed by atoms with Gasteiger partial charge in [0.25, 0.3) is 0 Å². The van der Waals surface area contributed by atoms with Gasteiger partial charge < -0.3 is 0 Å². The van der Waals surface area contributed by atoms with Gasteiger partial charge in [0.2, 0.25) is 5.16 Å². The molecule has 0 N–H and O–H groups in total. The Morgan fingerprint density at radius 3 is 2.71 bits per heavy atom. The first-order valence-electron chi connectivity index (χ1n) is 6.00. The van der Waals surface area contributed by atoms with Crippen LogP contribution >= 0.6 is 11.8 Å². The molecule has 0 aliphatic heterocycles. The average Bonchev–Trinajstić information content (AvgIpc) is 2.70. The zero-order valence-corrected chi connectivity index (χ0v) is 10.7. The zero-order valence-electron chi connectivity index (χ0n) is 9.92. The fourth-order valence-corrected chi connectivity index (χ4v) is 3.66. The van der Waals surface area contributed by atoms with Crippen LogP contribution in [0.1, 0.15) is 25.6 Å². The molecule has 1 unspecified atom stereocenters. The molecule has 17 heavy (non-hydrogen) atoms. The third kappa shape index (κ3) is 1.04. The van der Waals surface area contributed by atoms with Gasteiger partial charge in [-0.1, -0.05) is 18.7 Å². The summed E-state index contributed by atoms with van der Waals surface area (Å²) in [4.78, 5) is 8.89. The van der Waals surface area contributed by atoms with Gasteiger partial charge in [-0.05, 0) is 30.9 Å². The maximum absolute atomic E-state index is 4.60. The van der Waals surface area contributed by atoms with Crippen LogP contribution in [0.5, 0.6) is 0 Å². The lowest BCUT2D eigenvalue weighted by molar-refractivity contribution is -0.116. The van der Waals surface area contributed by atoms with Gasteiger partial charge in [-0.15, -0.1) is 5.10 Å². The second-order valence-corrected chi connectivity index (χ2v) is 6.05. The highest BCUT2D eigenvalue weighted by Crippen LogP contribution is 2.68. The zero-order chi connectivity index (χ0) is 11.6. The van der Waals surface area contributed by atoms with Gasteiger partial charge >= 0.3 is 0 Å². The summed E-state index contributed by atoms with van der Waals surface area (Å²) in [5.41, 5.74) is 1.33. The third-order valence-electron chi connectivity index (χ3n) is 4.72. The number of rotatable bonds is 2. The van der Waals surface area contributed by atoms with Crippen molar-refractivity contribution < 1.29 is 0 Å². The van der Waals surface area contributed by atoms with Crippen molar-refractivity contribution in [1.29, 1.82) is 0 Å². The van der Waals surface area contributed by atoms with E-state index in [0.717, 1.165) is 28.3 Å². The summed E-state index contributed by atoms with van der Waals surface area (Å²) < 4.78 is 2.00. The van der Waals surface area contributed by atoms with Crippen LogP contribution in [-0.2, 0) is 5.41 Å². The number of imidazole rings is 1. The largest absolute Gasteiger partial charge is 0.238 e. The van der Waals surface area contributed by atoms with E-state index in [4.69, 9.17) is 0 Å². The van der Waals surface area contributed by atoms with E-state index in [-0.39, 0.29) is 0 Å². The van der Waals surface area contributed by atoms with E-state index in [0.29, 0.717) is 5.41 Å². The van der Waals surface area contributed by atoms with Gasteiger partial charge in [0, 0.05) is 5.41 Å². The van der Waals surface area contributed by atoms with Crippen LogP contribution in [0.4, 0.5) is 0 Å². The fourth-order valence-electron chi connectivity index (χ4n) is 3.34. The molecule has 0 radical (unpaired) electrons. The summed E-state index contributed by atoms with van der Waals surface area (Å²) in [5.74, 6) is 2.87. The van der Waals surface area contributed by atoms with Crippen LogP contribution in [0.25, 0.3) is 5.52 Å². The molecule has 3 fully saturated rings. The predicted molar refractivity (Wildman–Crippen MR) is 66.1 cm³/mol. The van der Waals surface area contributed by atoms with Crippen molar-refractivity contribution in [3.63, 3.8) is 0 Å². The SMILES string of the molecule is CSc1ncc2cnc(C34CC(C3)C4C)n2n1. The Morgan fingerprint density at radius 1 is 1.35 bits per heavy atom. The second-order valence-electron chi connectivity index (χ2n) is 5.28. The number of fused-ring (bicyclic) bond motifs is 1. The van der Waals surface area contributed by atoms with Crippen molar-refractivity contribution in [3.8, 4) is 0 Å². The van der Waals surface area contributed by atoms with Crippen molar-refractivity contribution in [2.45, 2.75) is 30.3 Å². The molecule has 2 heterocycles. The topological polar surface area (TPSA) is 43.1 Å². The van der Waals surface area contributed by atoms with E-state index in [9.17, 15) is 0 Å². The van der Waals surface area contributed by atoms with E-state index in [1.54, 1.807) is 11.8 Å². The first-order chi connectivity index (χ1) is 8.24. The highest BCUT2D eigenvalue weighted by Gasteiger charge is 2.65. The number of nitrogens with zero attached hydrogens (tertiary/aromatic N) is 4. The average molecular weight is 246 g/mol. The highest BCUT2D eigenvalue weighted by molar-refractivity contribution is 7.98. The van der Waals surface area contributed by atoms with Gasteiger partial charge in [-0.2, -0.15) is 0 Å². The number of aromatic nitrogens is 4. The molecule has 2 aromatic rings. The Morgan fingerprint density at radius 2 is 2.12 bits per heavy atom. The lowest BCUT2D eigenvalue weighted by atomic mass is 9.38. The molecule has 0 aromatic carbocycles. The minimum absolute atomic E-state index is 0.321. The summed E-state index contributed by atoms with van der Waals surface area (Å²) in [6, 6.07) is 0. The normalized spacial score (nSPS) is 34.5. The van der Waals surface area contributed by atoms with Crippen LogP contribution in [-0.4, -0.2) is 25.8 Å². The van der Waals surface area contributed by atoms with Gasteiger partial charge in [0.05, 0.1) is 12.4 Å². The van der Waals surface area contributed by atoms with Gasteiger partial charge in [-0.3, -0.25) is 0 Å². The first-order valence-corrected chi connectivity index (χ1v) is 7.22. The smallest absolute Gasteiger partial charge is 0.207 e. The third-order valence-corrected chi connectivity index (χ3v) is 5.27. The monoisotopic (exact) mass is 246 g/mol. The first kappa shape index (κ1) is 9.88. The van der Waals surface area contributed by atoms with E-state index in [2.05, 4.69) is 22.0 Å². The predicted octanol–water partition coefficient (Wildman–Crippen LogP) is 2.14. The molecular weight excluding hydrogens is 232 g/mol. The Kier molecular flexibility index (Phi) is 1.75. The Labute approximate surface area is 104 Å². The summed E-state index contributed by atoms with van der Waals surface area (Å²) >= 11 is 1.57. The number of thioether (sulfide) groups is 1. The molecule has 5 rings (SSSR count). The molecule has 3 aliphatic carbocycles. The molecular formula is C12H14N4S. The number of hydrogen-bond donors (Lipinski definition) is 0. The fraction of sp³-hybridized carbons (Fsp3) is 0.583. The molecule has 88 valence electrons. The molecule has 5 heteroatoms. The molecule has 3 saturated carbocycles. The van der Waals surface area contributed by atoms with Crippen LogP contribution in [0.15, 0.2) is 17.6 Å². The summed E-state index contributed by atoms with van der Waals surface area (Å²) in [6.45, 7) is 2.34. The van der Waals surface area contributed by atoms with Crippen molar-refractivity contribution >= 4 is 17.3 Å². The lowest BCUT2D eigenvalue weighted by Gasteiger charge is -2.66. The standard InChI is InChI=1S/C12H14N4S/c1-7-8-3-12(7,4-8)10-13-5-9-6-14-11(17-2)15-16(9)10/h5-8H,3-4H2,1-2H3. The van der Waals surface area contributed by atoms with E-state index >= 15 is 0 Å². The van der Waals surface area contributed by atoms with Crippen molar-refractivity contribution in [3.05, 3.63) is 18.2 Å². The highest BCUT2D eigenvalue weighted by atomic mass is 32.2. The second kappa shape index (κ2) is 3.02. The quantitative estimate of drug-likeness (QED) is 0.761. The van der Waals surface area contributed by atoms with Crippen LogP contribution in [0.3, 0.4) is 0 Å². The molecule has 0 spiro atoms. The van der Waals surface area contributed by atoms with Crippen molar-refractivity contribution in [2.75, 3.05) is 6.26 Å². The van der Waals surface area contributed by atoms with Gasteiger partial charge in [0.1, 0.15) is 11.3 Å².